The topological polar surface area (TPSA) is 88.3 Å². The Morgan fingerprint density at radius 3 is 2.87 bits per heavy atom. The molecule has 9 heteroatoms. The van der Waals surface area contributed by atoms with Gasteiger partial charge in [0.25, 0.3) is 5.91 Å². The van der Waals surface area contributed by atoms with Gasteiger partial charge in [-0.3, -0.25) is 9.59 Å². The molecule has 2 aliphatic rings. The molecular formula is C22H21FN4O3S. The van der Waals surface area contributed by atoms with E-state index < -0.39 is 0 Å². The number of likely N-dealkylation sites (tertiary alicyclic amines) is 1. The molecule has 5 rings (SSSR count). The highest BCUT2D eigenvalue weighted by Gasteiger charge is 2.31. The van der Waals surface area contributed by atoms with Crippen LogP contribution in [0.2, 0.25) is 0 Å². The molecule has 1 atom stereocenters. The van der Waals surface area contributed by atoms with Crippen LogP contribution in [0.1, 0.15) is 47.2 Å². The molecule has 31 heavy (non-hydrogen) atoms. The molecule has 1 aromatic carbocycles. The number of aromatic nitrogens is 2. The van der Waals surface area contributed by atoms with Gasteiger partial charge in [0.2, 0.25) is 17.6 Å². The van der Waals surface area contributed by atoms with Crippen molar-refractivity contribution in [2.24, 2.45) is 5.92 Å². The number of anilines is 1. The van der Waals surface area contributed by atoms with Gasteiger partial charge >= 0.3 is 0 Å². The number of carbonyl (C=O) groups is 2. The molecule has 160 valence electrons. The summed E-state index contributed by atoms with van der Waals surface area (Å²) in [7, 11) is 0. The SMILES string of the molecule is O=C(Nc1ccc(C(=O)N2CCCC(c3nc(-c4cccc(F)c4)no3)C2)s1)C1CC1. The van der Waals surface area contributed by atoms with E-state index in [1.165, 1.54) is 23.5 Å². The summed E-state index contributed by atoms with van der Waals surface area (Å²) in [6.45, 7) is 1.13. The average molecular weight is 441 g/mol. The van der Waals surface area contributed by atoms with E-state index >= 15 is 0 Å². The van der Waals surface area contributed by atoms with E-state index in [-0.39, 0.29) is 29.5 Å². The predicted octanol–water partition coefficient (Wildman–Crippen LogP) is 4.31. The summed E-state index contributed by atoms with van der Waals surface area (Å²) < 4.78 is 18.9. The lowest BCUT2D eigenvalue weighted by molar-refractivity contribution is -0.117. The van der Waals surface area contributed by atoms with Gasteiger partial charge in [-0.25, -0.2) is 4.39 Å². The first-order chi connectivity index (χ1) is 15.1. The maximum absolute atomic E-state index is 13.5. The van der Waals surface area contributed by atoms with Gasteiger partial charge in [-0.2, -0.15) is 4.98 Å². The minimum atomic E-state index is -0.359. The van der Waals surface area contributed by atoms with Crippen molar-refractivity contribution in [3.05, 3.63) is 53.0 Å². The largest absolute Gasteiger partial charge is 0.339 e. The summed E-state index contributed by atoms with van der Waals surface area (Å²) in [5.74, 6) is 0.461. The maximum Gasteiger partial charge on any atom is 0.264 e. The first kappa shape index (κ1) is 19.9. The fourth-order valence-corrected chi connectivity index (χ4v) is 4.63. The van der Waals surface area contributed by atoms with Gasteiger partial charge in [0.1, 0.15) is 5.82 Å². The van der Waals surface area contributed by atoms with Crippen molar-refractivity contribution >= 4 is 28.2 Å². The molecule has 1 N–H and O–H groups in total. The smallest absolute Gasteiger partial charge is 0.264 e. The molecule has 7 nitrogen and oxygen atoms in total. The number of rotatable bonds is 5. The standard InChI is InChI=1S/C22H21FN4O3S/c23-16-5-1-3-14(11-16)19-25-21(30-26-19)15-4-2-10-27(12-15)22(29)17-8-9-18(31-17)24-20(28)13-6-7-13/h1,3,5,8-9,11,13,15H,2,4,6-7,10,12H2,(H,24,28). The Hall–Kier alpha value is -3.07. The van der Waals surface area contributed by atoms with Gasteiger partial charge in [-0.05, 0) is 49.9 Å². The van der Waals surface area contributed by atoms with Crippen LogP contribution in [0.15, 0.2) is 40.9 Å². The molecule has 1 aliphatic heterocycles. The maximum atomic E-state index is 13.5. The molecule has 3 heterocycles. The highest BCUT2D eigenvalue weighted by atomic mass is 32.1. The second-order valence-corrected chi connectivity index (χ2v) is 9.07. The number of carbonyl (C=O) groups excluding carboxylic acids is 2. The van der Waals surface area contributed by atoms with Crippen LogP contribution in [0.4, 0.5) is 9.39 Å². The zero-order valence-corrected chi connectivity index (χ0v) is 17.5. The van der Waals surface area contributed by atoms with Crippen LogP contribution in [0.3, 0.4) is 0 Å². The fraction of sp³-hybridized carbons (Fsp3) is 0.364. The normalized spacial score (nSPS) is 18.7. The van der Waals surface area contributed by atoms with Crippen LogP contribution in [-0.2, 0) is 4.79 Å². The van der Waals surface area contributed by atoms with E-state index in [0.717, 1.165) is 25.7 Å². The molecule has 2 aromatic heterocycles. The molecule has 1 saturated heterocycles. The second kappa shape index (κ2) is 8.22. The van der Waals surface area contributed by atoms with Gasteiger partial charge in [0.05, 0.1) is 15.8 Å². The Morgan fingerprint density at radius 1 is 1.19 bits per heavy atom. The Balaban J connectivity index is 1.25. The Kier molecular flexibility index (Phi) is 5.27. The summed E-state index contributed by atoms with van der Waals surface area (Å²) in [4.78, 5) is 31.8. The lowest BCUT2D eigenvalue weighted by Gasteiger charge is -2.30. The predicted molar refractivity (Wildman–Crippen MR) is 113 cm³/mol. The van der Waals surface area contributed by atoms with Crippen LogP contribution >= 0.6 is 11.3 Å². The van der Waals surface area contributed by atoms with Crippen molar-refractivity contribution in [1.82, 2.24) is 15.0 Å². The molecule has 2 amide bonds. The molecule has 3 aromatic rings. The van der Waals surface area contributed by atoms with E-state index in [4.69, 9.17) is 4.52 Å². The summed E-state index contributed by atoms with van der Waals surface area (Å²) in [5, 5.41) is 7.57. The van der Waals surface area contributed by atoms with Gasteiger partial charge in [-0.1, -0.05) is 17.3 Å². The molecule has 1 aliphatic carbocycles. The molecule has 1 saturated carbocycles. The van der Waals surface area contributed by atoms with E-state index in [0.29, 0.717) is 40.2 Å². The monoisotopic (exact) mass is 440 g/mol. The quantitative estimate of drug-likeness (QED) is 0.639. The summed E-state index contributed by atoms with van der Waals surface area (Å²) in [5.41, 5.74) is 0.554. The van der Waals surface area contributed by atoms with E-state index in [1.807, 2.05) is 0 Å². The van der Waals surface area contributed by atoms with Gasteiger partial charge in [-0.15, -0.1) is 11.3 Å². The van der Waals surface area contributed by atoms with Crippen molar-refractivity contribution in [2.45, 2.75) is 31.6 Å². The zero-order valence-electron chi connectivity index (χ0n) is 16.7. The highest BCUT2D eigenvalue weighted by molar-refractivity contribution is 7.18. The third-order valence-corrected chi connectivity index (χ3v) is 6.58. The Labute approximate surface area is 182 Å². The third-order valence-electron chi connectivity index (χ3n) is 5.59. The number of thiophene rings is 1. The van der Waals surface area contributed by atoms with E-state index in [1.54, 1.807) is 29.2 Å². The Bertz CT molecular complexity index is 1120. The van der Waals surface area contributed by atoms with Crippen LogP contribution in [0.5, 0.6) is 0 Å². The number of nitrogens with one attached hydrogen (secondary N) is 1. The van der Waals surface area contributed by atoms with Crippen LogP contribution in [0, 0.1) is 11.7 Å². The second-order valence-electron chi connectivity index (χ2n) is 7.98. The molecule has 1 unspecified atom stereocenters. The van der Waals surface area contributed by atoms with E-state index in [9.17, 15) is 14.0 Å². The molecule has 2 fully saturated rings. The number of piperidine rings is 1. The minimum absolute atomic E-state index is 0.0318. The molecule has 0 radical (unpaired) electrons. The first-order valence-electron chi connectivity index (χ1n) is 10.4. The van der Waals surface area contributed by atoms with Gasteiger partial charge < -0.3 is 14.7 Å². The minimum Gasteiger partial charge on any atom is -0.339 e. The van der Waals surface area contributed by atoms with Crippen LogP contribution in [0.25, 0.3) is 11.4 Å². The van der Waals surface area contributed by atoms with Crippen LogP contribution in [-0.4, -0.2) is 39.9 Å². The third kappa shape index (κ3) is 4.36. The summed E-state index contributed by atoms with van der Waals surface area (Å²) in [6.07, 6.45) is 3.54. The number of halogens is 1. The number of benzene rings is 1. The number of nitrogens with zero attached hydrogens (tertiary/aromatic N) is 3. The van der Waals surface area contributed by atoms with Gasteiger partial charge in [0.15, 0.2) is 0 Å². The lowest BCUT2D eigenvalue weighted by Crippen LogP contribution is -2.38. The average Bonchev–Trinajstić information content (AvgIpc) is 3.34. The number of hydrogen-bond acceptors (Lipinski definition) is 6. The highest BCUT2D eigenvalue weighted by Crippen LogP contribution is 2.33. The van der Waals surface area contributed by atoms with E-state index in [2.05, 4.69) is 15.5 Å². The van der Waals surface area contributed by atoms with Crippen molar-refractivity contribution in [1.29, 1.82) is 0 Å². The van der Waals surface area contributed by atoms with Crippen molar-refractivity contribution in [3.8, 4) is 11.4 Å². The molecule has 0 bridgehead atoms. The zero-order chi connectivity index (χ0) is 21.4. The fourth-order valence-electron chi connectivity index (χ4n) is 3.75. The van der Waals surface area contributed by atoms with Gasteiger partial charge in [0, 0.05) is 24.6 Å². The summed E-state index contributed by atoms with van der Waals surface area (Å²) >= 11 is 1.30. The number of amides is 2. The van der Waals surface area contributed by atoms with Crippen LogP contribution < -0.4 is 5.32 Å². The number of hydrogen-bond donors (Lipinski definition) is 1. The lowest BCUT2D eigenvalue weighted by atomic mass is 9.98. The van der Waals surface area contributed by atoms with Crippen molar-refractivity contribution in [2.75, 3.05) is 18.4 Å². The molecular weight excluding hydrogens is 419 g/mol. The first-order valence-corrected chi connectivity index (χ1v) is 11.2. The Morgan fingerprint density at radius 2 is 2.06 bits per heavy atom. The molecule has 0 spiro atoms. The van der Waals surface area contributed by atoms with Crippen molar-refractivity contribution in [3.63, 3.8) is 0 Å². The summed E-state index contributed by atoms with van der Waals surface area (Å²) in [6, 6.07) is 9.59. The van der Waals surface area contributed by atoms with Crippen molar-refractivity contribution < 1.29 is 18.5 Å².